The smallest absolute Gasteiger partial charge is 0.410 e. The van der Waals surface area contributed by atoms with Crippen LogP contribution in [-0.4, -0.2) is 34.9 Å². The van der Waals surface area contributed by atoms with E-state index < -0.39 is 5.60 Å². The Labute approximate surface area is 101 Å². The minimum absolute atomic E-state index is 0.213. The molecule has 0 fully saturated rings. The lowest BCUT2D eigenvalue weighted by Crippen LogP contribution is -2.42. The lowest BCUT2D eigenvalue weighted by Gasteiger charge is -2.31. The van der Waals surface area contributed by atoms with Crippen molar-refractivity contribution < 1.29 is 9.53 Å². The molecule has 2 rings (SSSR count). The molecule has 0 saturated heterocycles. The molecule has 2 heterocycles. The first-order chi connectivity index (χ1) is 7.46. The standard InChI is InChI=1S/C12H17NO2S/c1-12(2,3)15-11(14)13-6-4-9-5-7-16-10(9)8-13/h4-5,7,10H,6,8H2,1-3H3. The van der Waals surface area contributed by atoms with Crippen LogP contribution in [0, 0.1) is 0 Å². The maximum absolute atomic E-state index is 11.8. The molecular formula is C12H17NO2S. The quantitative estimate of drug-likeness (QED) is 0.651. The summed E-state index contributed by atoms with van der Waals surface area (Å²) in [6.45, 7) is 7.08. The van der Waals surface area contributed by atoms with E-state index in [1.165, 1.54) is 5.57 Å². The van der Waals surface area contributed by atoms with E-state index in [0.29, 0.717) is 11.8 Å². The van der Waals surface area contributed by atoms with Gasteiger partial charge >= 0.3 is 6.09 Å². The highest BCUT2D eigenvalue weighted by molar-refractivity contribution is 8.03. The molecule has 16 heavy (non-hydrogen) atoms. The molecule has 2 aliphatic rings. The molecule has 3 nitrogen and oxygen atoms in total. The van der Waals surface area contributed by atoms with Crippen molar-refractivity contribution in [3.8, 4) is 0 Å². The molecule has 1 atom stereocenters. The van der Waals surface area contributed by atoms with Crippen molar-refractivity contribution in [3.63, 3.8) is 0 Å². The minimum Gasteiger partial charge on any atom is -0.444 e. The van der Waals surface area contributed by atoms with Gasteiger partial charge in [0, 0.05) is 13.1 Å². The molecular weight excluding hydrogens is 222 g/mol. The molecule has 0 N–H and O–H groups in total. The summed E-state index contributed by atoms with van der Waals surface area (Å²) in [6.07, 6.45) is 4.02. The maximum Gasteiger partial charge on any atom is 0.410 e. The molecule has 4 heteroatoms. The van der Waals surface area contributed by atoms with Gasteiger partial charge in [0.1, 0.15) is 5.60 Å². The molecule has 0 spiro atoms. The minimum atomic E-state index is -0.415. The van der Waals surface area contributed by atoms with Gasteiger partial charge in [-0.2, -0.15) is 0 Å². The first-order valence-electron chi connectivity index (χ1n) is 5.46. The average Bonchev–Trinajstić information content (AvgIpc) is 2.61. The third-order valence-corrected chi connectivity index (χ3v) is 3.50. The van der Waals surface area contributed by atoms with E-state index >= 15 is 0 Å². The SMILES string of the molecule is CC(C)(C)OC(=O)N1CC=C2C=CSC2C1. The highest BCUT2D eigenvalue weighted by Gasteiger charge is 2.29. The number of nitrogens with zero attached hydrogens (tertiary/aromatic N) is 1. The van der Waals surface area contributed by atoms with Crippen molar-refractivity contribution >= 4 is 17.9 Å². The monoisotopic (exact) mass is 239 g/mol. The van der Waals surface area contributed by atoms with E-state index in [1.54, 1.807) is 16.7 Å². The summed E-state index contributed by atoms with van der Waals surface area (Å²) >= 11 is 1.77. The largest absolute Gasteiger partial charge is 0.444 e. The number of carbonyl (C=O) groups excluding carboxylic acids is 1. The topological polar surface area (TPSA) is 29.5 Å². The summed E-state index contributed by atoms with van der Waals surface area (Å²) in [6, 6.07) is 0. The third-order valence-electron chi connectivity index (χ3n) is 2.46. The van der Waals surface area contributed by atoms with E-state index in [4.69, 9.17) is 4.74 Å². The van der Waals surface area contributed by atoms with Crippen molar-refractivity contribution in [1.29, 1.82) is 0 Å². The van der Waals surface area contributed by atoms with Crippen LogP contribution in [0.3, 0.4) is 0 Å². The van der Waals surface area contributed by atoms with Crippen LogP contribution in [0.5, 0.6) is 0 Å². The Kier molecular flexibility index (Phi) is 3.02. The van der Waals surface area contributed by atoms with E-state index in [0.717, 1.165) is 6.54 Å². The number of carbonyl (C=O) groups is 1. The van der Waals surface area contributed by atoms with Gasteiger partial charge in [0.15, 0.2) is 0 Å². The molecule has 1 amide bonds. The van der Waals surface area contributed by atoms with Crippen molar-refractivity contribution in [1.82, 2.24) is 4.90 Å². The van der Waals surface area contributed by atoms with Crippen LogP contribution >= 0.6 is 11.8 Å². The highest BCUT2D eigenvalue weighted by Crippen LogP contribution is 2.32. The second-order valence-electron chi connectivity index (χ2n) is 5.02. The summed E-state index contributed by atoms with van der Waals surface area (Å²) in [5, 5.41) is 2.50. The summed E-state index contributed by atoms with van der Waals surface area (Å²) < 4.78 is 5.35. The number of amides is 1. The maximum atomic E-state index is 11.8. The Balaban J connectivity index is 1.96. The van der Waals surface area contributed by atoms with Crippen LogP contribution in [-0.2, 0) is 4.74 Å². The lowest BCUT2D eigenvalue weighted by molar-refractivity contribution is 0.0269. The summed E-state index contributed by atoms with van der Waals surface area (Å²) in [7, 11) is 0. The summed E-state index contributed by atoms with van der Waals surface area (Å²) in [5.41, 5.74) is 0.923. The van der Waals surface area contributed by atoms with Crippen LogP contribution in [0.1, 0.15) is 20.8 Å². The molecule has 0 aliphatic carbocycles. The van der Waals surface area contributed by atoms with E-state index in [2.05, 4.69) is 17.6 Å². The Bertz CT molecular complexity index is 355. The molecule has 1 unspecified atom stereocenters. The number of thioether (sulfide) groups is 1. The van der Waals surface area contributed by atoms with Gasteiger partial charge in [-0.25, -0.2) is 4.79 Å². The third kappa shape index (κ3) is 2.61. The Hall–Kier alpha value is -0.900. The van der Waals surface area contributed by atoms with Crippen molar-refractivity contribution in [3.05, 3.63) is 23.1 Å². The fraction of sp³-hybridized carbons (Fsp3) is 0.583. The van der Waals surface area contributed by atoms with Gasteiger partial charge in [-0.1, -0.05) is 12.2 Å². The van der Waals surface area contributed by atoms with Crippen LogP contribution in [0.25, 0.3) is 0 Å². The van der Waals surface area contributed by atoms with E-state index in [-0.39, 0.29) is 6.09 Å². The Morgan fingerprint density at radius 2 is 2.31 bits per heavy atom. The van der Waals surface area contributed by atoms with Crippen LogP contribution in [0.4, 0.5) is 4.79 Å². The second kappa shape index (κ2) is 4.17. The lowest BCUT2D eigenvalue weighted by atomic mass is 10.1. The number of ether oxygens (including phenoxy) is 1. The number of fused-ring (bicyclic) bond motifs is 1. The number of rotatable bonds is 0. The van der Waals surface area contributed by atoms with Gasteiger partial charge in [0.25, 0.3) is 0 Å². The molecule has 0 aromatic heterocycles. The zero-order valence-electron chi connectivity index (χ0n) is 9.90. The van der Waals surface area contributed by atoms with Gasteiger partial charge < -0.3 is 9.64 Å². The molecule has 0 bridgehead atoms. The number of hydrogen-bond acceptors (Lipinski definition) is 3. The van der Waals surface area contributed by atoms with Gasteiger partial charge in [-0.3, -0.25) is 0 Å². The zero-order chi connectivity index (χ0) is 11.8. The Morgan fingerprint density at radius 1 is 1.56 bits per heavy atom. The molecule has 2 aliphatic heterocycles. The van der Waals surface area contributed by atoms with E-state index in [1.807, 2.05) is 20.8 Å². The zero-order valence-corrected chi connectivity index (χ0v) is 10.7. The molecule has 0 aromatic rings. The first-order valence-corrected chi connectivity index (χ1v) is 6.40. The fourth-order valence-electron chi connectivity index (χ4n) is 1.71. The van der Waals surface area contributed by atoms with Crippen LogP contribution in [0.15, 0.2) is 23.1 Å². The van der Waals surface area contributed by atoms with Gasteiger partial charge in [0.05, 0.1) is 5.25 Å². The molecule has 0 aromatic carbocycles. The van der Waals surface area contributed by atoms with Gasteiger partial charge in [-0.15, -0.1) is 11.8 Å². The van der Waals surface area contributed by atoms with Crippen LogP contribution < -0.4 is 0 Å². The summed E-state index contributed by atoms with van der Waals surface area (Å²) in [5.74, 6) is 0. The van der Waals surface area contributed by atoms with Crippen molar-refractivity contribution in [2.75, 3.05) is 13.1 Å². The predicted molar refractivity (Wildman–Crippen MR) is 66.4 cm³/mol. The highest BCUT2D eigenvalue weighted by atomic mass is 32.2. The van der Waals surface area contributed by atoms with Gasteiger partial charge in [-0.05, 0) is 31.8 Å². The van der Waals surface area contributed by atoms with Gasteiger partial charge in [0.2, 0.25) is 0 Å². The normalized spacial score (nSPS) is 24.1. The van der Waals surface area contributed by atoms with Crippen molar-refractivity contribution in [2.45, 2.75) is 31.6 Å². The van der Waals surface area contributed by atoms with Crippen molar-refractivity contribution in [2.24, 2.45) is 0 Å². The molecule has 0 saturated carbocycles. The average molecular weight is 239 g/mol. The number of hydrogen-bond donors (Lipinski definition) is 0. The Morgan fingerprint density at radius 3 is 3.00 bits per heavy atom. The van der Waals surface area contributed by atoms with E-state index in [9.17, 15) is 4.79 Å². The molecule has 0 radical (unpaired) electrons. The summed E-state index contributed by atoms with van der Waals surface area (Å²) in [4.78, 5) is 13.6. The number of allylic oxidation sites excluding steroid dienone is 1. The fourth-order valence-corrected chi connectivity index (χ4v) is 2.74. The second-order valence-corrected chi connectivity index (χ2v) is 6.13. The molecule has 88 valence electrons. The predicted octanol–water partition coefficient (Wildman–Crippen LogP) is 2.79. The van der Waals surface area contributed by atoms with Crippen LogP contribution in [0.2, 0.25) is 0 Å². The first kappa shape index (κ1) is 11.6.